The van der Waals surface area contributed by atoms with E-state index in [1.165, 1.54) is 0 Å². The van der Waals surface area contributed by atoms with E-state index in [4.69, 9.17) is 27.9 Å². The first-order valence-electron chi connectivity index (χ1n) is 6.13. The molecule has 0 saturated carbocycles. The maximum atomic E-state index is 10.3. The van der Waals surface area contributed by atoms with Crippen molar-refractivity contribution in [3.8, 4) is 5.75 Å². The average Bonchev–Trinajstić information content (AvgIpc) is 2.41. The highest BCUT2D eigenvalue weighted by Gasteiger charge is 2.28. The lowest BCUT2D eigenvalue weighted by Gasteiger charge is -2.30. The van der Waals surface area contributed by atoms with Gasteiger partial charge in [-0.05, 0) is 29.8 Å². The molecule has 2 unspecified atom stereocenters. The van der Waals surface area contributed by atoms with E-state index in [0.29, 0.717) is 22.2 Å². The Morgan fingerprint density at radius 1 is 1.10 bits per heavy atom. The minimum Gasteiger partial charge on any atom is -0.485 e. The summed E-state index contributed by atoms with van der Waals surface area (Å²) in [5.74, 6) is 0.689. The van der Waals surface area contributed by atoms with Crippen LogP contribution in [0.2, 0.25) is 10.0 Å². The van der Waals surface area contributed by atoms with Gasteiger partial charge in [0.25, 0.3) is 0 Å². The molecule has 0 bridgehead atoms. The number of fused-ring (bicyclic) bond motifs is 1. The molecule has 0 fully saturated rings. The van der Waals surface area contributed by atoms with Gasteiger partial charge in [0.05, 0.1) is 16.1 Å². The summed E-state index contributed by atoms with van der Waals surface area (Å²) in [7, 11) is 0. The summed E-state index contributed by atoms with van der Waals surface area (Å²) < 4.78 is 6.89. The molecule has 20 heavy (non-hydrogen) atoms. The Bertz CT molecular complexity index is 660. The van der Waals surface area contributed by atoms with Gasteiger partial charge in [-0.2, -0.15) is 0 Å². The lowest BCUT2D eigenvalue weighted by atomic mass is 9.95. The van der Waals surface area contributed by atoms with Crippen LogP contribution in [-0.4, -0.2) is 5.11 Å². The number of benzene rings is 2. The van der Waals surface area contributed by atoms with Gasteiger partial charge < -0.3 is 9.84 Å². The Morgan fingerprint density at radius 3 is 2.65 bits per heavy atom. The van der Waals surface area contributed by atoms with Crippen molar-refractivity contribution >= 4 is 39.1 Å². The maximum absolute atomic E-state index is 10.3. The number of halogens is 3. The minimum absolute atomic E-state index is 0.235. The second-order valence-electron chi connectivity index (χ2n) is 4.71. The van der Waals surface area contributed by atoms with Crippen molar-refractivity contribution in [2.45, 2.75) is 18.6 Å². The van der Waals surface area contributed by atoms with E-state index in [1.54, 1.807) is 12.1 Å². The standard InChI is InChI=1S/C15H11BrCl2O2/c16-9-2-3-10-13(19)7-14(20-15(10)6-9)8-1-4-11(17)12(18)5-8/h1-6,13-14,19H,7H2. The molecule has 1 aliphatic rings. The maximum Gasteiger partial charge on any atom is 0.127 e. The van der Waals surface area contributed by atoms with E-state index in [-0.39, 0.29) is 6.10 Å². The van der Waals surface area contributed by atoms with Gasteiger partial charge in [0, 0.05) is 16.5 Å². The third-order valence-electron chi connectivity index (χ3n) is 3.36. The first-order valence-corrected chi connectivity index (χ1v) is 7.68. The summed E-state index contributed by atoms with van der Waals surface area (Å²) >= 11 is 15.4. The van der Waals surface area contributed by atoms with Crippen molar-refractivity contribution in [2.75, 3.05) is 0 Å². The Kier molecular flexibility index (Phi) is 3.95. The molecule has 0 spiro atoms. The molecule has 2 nitrogen and oxygen atoms in total. The van der Waals surface area contributed by atoms with Crippen molar-refractivity contribution in [1.29, 1.82) is 0 Å². The lowest BCUT2D eigenvalue weighted by molar-refractivity contribution is 0.0657. The van der Waals surface area contributed by atoms with Crippen molar-refractivity contribution < 1.29 is 9.84 Å². The fourth-order valence-corrected chi connectivity index (χ4v) is 2.98. The highest BCUT2D eigenvalue weighted by atomic mass is 79.9. The highest BCUT2D eigenvalue weighted by molar-refractivity contribution is 9.10. The zero-order valence-electron chi connectivity index (χ0n) is 10.3. The van der Waals surface area contributed by atoms with Crippen LogP contribution in [0.1, 0.15) is 29.8 Å². The lowest BCUT2D eigenvalue weighted by Crippen LogP contribution is -2.19. The van der Waals surface area contributed by atoms with Crippen LogP contribution in [0.15, 0.2) is 40.9 Å². The topological polar surface area (TPSA) is 29.5 Å². The first-order chi connectivity index (χ1) is 9.54. The van der Waals surface area contributed by atoms with Gasteiger partial charge in [0.15, 0.2) is 0 Å². The molecule has 2 atom stereocenters. The second kappa shape index (κ2) is 5.57. The predicted molar refractivity (Wildman–Crippen MR) is 83.5 cm³/mol. The van der Waals surface area contributed by atoms with E-state index < -0.39 is 6.10 Å². The molecular formula is C15H11BrCl2O2. The number of aliphatic hydroxyl groups excluding tert-OH is 1. The molecule has 1 heterocycles. The normalized spacial score (nSPS) is 21.2. The Balaban J connectivity index is 1.96. The molecule has 5 heteroatoms. The molecule has 2 aromatic carbocycles. The van der Waals surface area contributed by atoms with Gasteiger partial charge in [0.1, 0.15) is 11.9 Å². The number of hydrogen-bond donors (Lipinski definition) is 1. The minimum atomic E-state index is -0.550. The van der Waals surface area contributed by atoms with Gasteiger partial charge in [0.2, 0.25) is 0 Å². The van der Waals surface area contributed by atoms with Crippen LogP contribution in [0, 0.1) is 0 Å². The average molecular weight is 374 g/mol. The van der Waals surface area contributed by atoms with E-state index in [1.807, 2.05) is 24.3 Å². The van der Waals surface area contributed by atoms with Crippen molar-refractivity contribution in [1.82, 2.24) is 0 Å². The first kappa shape index (κ1) is 14.2. The number of hydrogen-bond acceptors (Lipinski definition) is 2. The summed E-state index contributed by atoms with van der Waals surface area (Å²) in [6.07, 6.45) is -0.292. The second-order valence-corrected chi connectivity index (χ2v) is 6.44. The molecule has 3 rings (SSSR count). The van der Waals surface area contributed by atoms with Crippen LogP contribution in [0.25, 0.3) is 0 Å². The van der Waals surface area contributed by atoms with Crippen molar-refractivity contribution in [3.63, 3.8) is 0 Å². The fraction of sp³-hybridized carbons (Fsp3) is 0.200. The van der Waals surface area contributed by atoms with E-state index in [9.17, 15) is 5.11 Å². The van der Waals surface area contributed by atoms with Gasteiger partial charge >= 0.3 is 0 Å². The van der Waals surface area contributed by atoms with Gasteiger partial charge in [-0.3, -0.25) is 0 Å². The Labute approximate surface area is 135 Å². The van der Waals surface area contributed by atoms with Crippen molar-refractivity contribution in [2.24, 2.45) is 0 Å². The molecule has 0 aromatic heterocycles. The molecule has 0 amide bonds. The summed E-state index contributed by atoms with van der Waals surface area (Å²) in [6.45, 7) is 0. The van der Waals surface area contributed by atoms with Gasteiger partial charge in [-0.15, -0.1) is 0 Å². The van der Waals surface area contributed by atoms with Crippen LogP contribution in [0.3, 0.4) is 0 Å². The number of rotatable bonds is 1. The van der Waals surface area contributed by atoms with E-state index >= 15 is 0 Å². The molecule has 0 saturated heterocycles. The summed E-state index contributed by atoms with van der Waals surface area (Å²) in [5.41, 5.74) is 1.72. The molecular weight excluding hydrogens is 363 g/mol. The van der Waals surface area contributed by atoms with Crippen LogP contribution in [0.4, 0.5) is 0 Å². The Morgan fingerprint density at radius 2 is 1.90 bits per heavy atom. The van der Waals surface area contributed by atoms with Gasteiger partial charge in [-0.1, -0.05) is 51.3 Å². The van der Waals surface area contributed by atoms with E-state index in [2.05, 4.69) is 15.9 Å². The molecule has 0 radical (unpaired) electrons. The van der Waals surface area contributed by atoms with Crippen molar-refractivity contribution in [3.05, 3.63) is 62.0 Å². The Hall–Kier alpha value is -0.740. The monoisotopic (exact) mass is 372 g/mol. The third kappa shape index (κ3) is 2.68. The van der Waals surface area contributed by atoms with E-state index in [0.717, 1.165) is 15.6 Å². The zero-order valence-corrected chi connectivity index (χ0v) is 13.4. The smallest absolute Gasteiger partial charge is 0.127 e. The highest BCUT2D eigenvalue weighted by Crippen LogP contribution is 2.42. The summed E-state index contributed by atoms with van der Waals surface area (Å²) in [6, 6.07) is 11.0. The third-order valence-corrected chi connectivity index (χ3v) is 4.59. The number of aliphatic hydroxyl groups is 1. The molecule has 1 N–H and O–H groups in total. The van der Waals surface area contributed by atoms with Crippen LogP contribution in [-0.2, 0) is 0 Å². The molecule has 1 aliphatic heterocycles. The van der Waals surface area contributed by atoms with Gasteiger partial charge in [-0.25, -0.2) is 0 Å². The number of ether oxygens (including phenoxy) is 1. The summed E-state index contributed by atoms with van der Waals surface area (Å²) in [5, 5.41) is 11.3. The predicted octanol–water partition coefficient (Wildman–Crippen LogP) is 5.31. The molecule has 104 valence electrons. The molecule has 0 aliphatic carbocycles. The summed E-state index contributed by atoms with van der Waals surface area (Å²) in [4.78, 5) is 0. The van der Waals surface area contributed by atoms with Crippen LogP contribution >= 0.6 is 39.1 Å². The zero-order chi connectivity index (χ0) is 14.3. The fourth-order valence-electron chi connectivity index (χ4n) is 2.33. The van der Waals surface area contributed by atoms with Crippen LogP contribution in [0.5, 0.6) is 5.75 Å². The molecule has 2 aromatic rings. The van der Waals surface area contributed by atoms with Crippen LogP contribution < -0.4 is 4.74 Å². The largest absolute Gasteiger partial charge is 0.485 e. The quantitative estimate of drug-likeness (QED) is 0.733. The SMILES string of the molecule is OC1CC(c2ccc(Cl)c(Cl)c2)Oc2cc(Br)ccc21.